The van der Waals surface area contributed by atoms with Crippen molar-refractivity contribution in [3.63, 3.8) is 0 Å². The molecule has 17 heavy (non-hydrogen) atoms. The average molecular weight is 238 g/mol. The van der Waals surface area contributed by atoms with Crippen molar-refractivity contribution < 1.29 is 19.5 Å². The highest BCUT2D eigenvalue weighted by molar-refractivity contribution is 5.94. The van der Waals surface area contributed by atoms with Crippen LogP contribution in [0.2, 0.25) is 0 Å². The summed E-state index contributed by atoms with van der Waals surface area (Å²) in [6, 6.07) is 0.562. The number of aromatic carboxylic acids is 1. The molecule has 1 aromatic rings. The Labute approximate surface area is 95.8 Å². The molecule has 8 nitrogen and oxygen atoms in total. The number of carboxylic acids is 1. The Morgan fingerprint density at radius 1 is 1.35 bits per heavy atom. The average Bonchev–Trinajstić information content (AvgIpc) is 2.26. The maximum absolute atomic E-state index is 11.2. The number of aromatic nitrogens is 1. The molecular formula is C9H10N4O4. The minimum Gasteiger partial charge on any atom is -0.478 e. The summed E-state index contributed by atoms with van der Waals surface area (Å²) in [5.74, 6) is -1.84. The van der Waals surface area contributed by atoms with Crippen LogP contribution >= 0.6 is 0 Å². The summed E-state index contributed by atoms with van der Waals surface area (Å²) in [7, 11) is 0. The van der Waals surface area contributed by atoms with Crippen LogP contribution in [0.25, 0.3) is 0 Å². The van der Waals surface area contributed by atoms with E-state index >= 15 is 0 Å². The highest BCUT2D eigenvalue weighted by atomic mass is 16.4. The van der Waals surface area contributed by atoms with E-state index in [1.54, 1.807) is 0 Å². The van der Waals surface area contributed by atoms with Gasteiger partial charge in [-0.2, -0.15) is 0 Å². The number of hydrogen-bond donors (Lipinski definition) is 4. The maximum atomic E-state index is 11.2. The second-order valence-corrected chi connectivity index (χ2v) is 3.04. The molecule has 0 aliphatic rings. The summed E-state index contributed by atoms with van der Waals surface area (Å²) in [5.41, 5.74) is 4.97. The van der Waals surface area contributed by atoms with Gasteiger partial charge in [0.15, 0.2) is 0 Å². The number of carbonyl (C=O) groups excluding carboxylic acids is 2. The van der Waals surface area contributed by atoms with E-state index in [2.05, 4.69) is 15.6 Å². The van der Waals surface area contributed by atoms with Crippen LogP contribution in [0.4, 0.5) is 10.5 Å². The first-order chi connectivity index (χ1) is 7.99. The molecule has 0 atom stereocenters. The van der Waals surface area contributed by atoms with Crippen molar-refractivity contribution in [2.24, 2.45) is 5.73 Å². The first kappa shape index (κ1) is 12.4. The van der Waals surface area contributed by atoms with Gasteiger partial charge < -0.3 is 21.5 Å². The molecule has 0 aromatic carbocycles. The van der Waals surface area contributed by atoms with Crippen LogP contribution in [0.5, 0.6) is 0 Å². The van der Waals surface area contributed by atoms with Gasteiger partial charge in [0.1, 0.15) is 0 Å². The molecule has 0 unspecified atom stereocenters. The number of nitrogens with zero attached hydrogens (tertiary/aromatic N) is 1. The standard InChI is InChI=1S/C9H10N4O4/c10-7(14)4-12-9(17)13-6-1-5(8(15)16)2-11-3-6/h1-3H,4H2,(H2,10,14)(H,15,16)(H2,12,13,17). The topological polar surface area (TPSA) is 134 Å². The Hall–Kier alpha value is -2.64. The van der Waals surface area contributed by atoms with Crippen molar-refractivity contribution in [1.29, 1.82) is 0 Å². The highest BCUT2D eigenvalue weighted by Crippen LogP contribution is 2.07. The Morgan fingerprint density at radius 2 is 2.06 bits per heavy atom. The number of hydrogen-bond acceptors (Lipinski definition) is 4. The minimum absolute atomic E-state index is 0.0577. The molecule has 90 valence electrons. The quantitative estimate of drug-likeness (QED) is 0.554. The van der Waals surface area contributed by atoms with E-state index in [0.717, 1.165) is 6.20 Å². The largest absolute Gasteiger partial charge is 0.478 e. The molecule has 0 aliphatic heterocycles. The fourth-order valence-corrected chi connectivity index (χ4v) is 0.968. The van der Waals surface area contributed by atoms with Gasteiger partial charge in [0.25, 0.3) is 0 Å². The van der Waals surface area contributed by atoms with E-state index in [0.29, 0.717) is 0 Å². The predicted octanol–water partition coefficient (Wildman–Crippen LogP) is -0.613. The highest BCUT2D eigenvalue weighted by Gasteiger charge is 2.07. The molecule has 0 radical (unpaired) electrons. The minimum atomic E-state index is -1.15. The summed E-state index contributed by atoms with van der Waals surface area (Å²) >= 11 is 0. The van der Waals surface area contributed by atoms with E-state index < -0.39 is 17.9 Å². The lowest BCUT2D eigenvalue weighted by atomic mass is 10.3. The zero-order valence-electron chi connectivity index (χ0n) is 8.64. The van der Waals surface area contributed by atoms with Gasteiger partial charge >= 0.3 is 12.0 Å². The molecule has 0 fully saturated rings. The Morgan fingerprint density at radius 3 is 2.65 bits per heavy atom. The van der Waals surface area contributed by atoms with E-state index in [1.165, 1.54) is 12.3 Å². The summed E-state index contributed by atoms with van der Waals surface area (Å²) < 4.78 is 0. The number of amides is 3. The molecule has 1 rings (SSSR count). The van der Waals surface area contributed by atoms with Crippen LogP contribution < -0.4 is 16.4 Å². The van der Waals surface area contributed by atoms with Gasteiger partial charge in [-0.1, -0.05) is 0 Å². The number of anilines is 1. The molecule has 3 amide bonds. The second-order valence-electron chi connectivity index (χ2n) is 3.04. The molecule has 0 aliphatic carbocycles. The number of primary amides is 1. The molecular weight excluding hydrogens is 228 g/mol. The zero-order valence-corrected chi connectivity index (χ0v) is 8.64. The number of rotatable bonds is 4. The molecule has 0 saturated carbocycles. The summed E-state index contributed by atoms with van der Waals surface area (Å²) in [5, 5.41) is 13.2. The smallest absolute Gasteiger partial charge is 0.337 e. The summed E-state index contributed by atoms with van der Waals surface area (Å²) in [6.45, 7) is -0.308. The van der Waals surface area contributed by atoms with Crippen molar-refractivity contribution in [2.45, 2.75) is 0 Å². The lowest BCUT2D eigenvalue weighted by Gasteiger charge is -2.05. The molecule has 8 heteroatoms. The number of carbonyl (C=O) groups is 3. The first-order valence-electron chi connectivity index (χ1n) is 4.50. The van der Waals surface area contributed by atoms with Gasteiger partial charge in [-0.05, 0) is 6.07 Å². The molecule has 0 spiro atoms. The van der Waals surface area contributed by atoms with Gasteiger partial charge in [-0.15, -0.1) is 0 Å². The van der Waals surface area contributed by atoms with Crippen LogP contribution in [0.3, 0.4) is 0 Å². The SMILES string of the molecule is NC(=O)CNC(=O)Nc1cncc(C(=O)O)c1. The first-order valence-corrected chi connectivity index (χ1v) is 4.50. The monoisotopic (exact) mass is 238 g/mol. The molecule has 1 aromatic heterocycles. The van der Waals surface area contributed by atoms with Crippen LogP contribution in [-0.4, -0.2) is 34.5 Å². The van der Waals surface area contributed by atoms with Gasteiger partial charge in [0.05, 0.1) is 24.0 Å². The number of pyridine rings is 1. The second kappa shape index (κ2) is 5.45. The molecule has 5 N–H and O–H groups in total. The zero-order chi connectivity index (χ0) is 12.8. The van der Waals surface area contributed by atoms with Crippen molar-refractivity contribution >= 4 is 23.6 Å². The van der Waals surface area contributed by atoms with E-state index in [-0.39, 0.29) is 17.8 Å². The van der Waals surface area contributed by atoms with E-state index in [9.17, 15) is 14.4 Å². The predicted molar refractivity (Wildman–Crippen MR) is 57.4 cm³/mol. The van der Waals surface area contributed by atoms with Crippen LogP contribution in [0.1, 0.15) is 10.4 Å². The maximum Gasteiger partial charge on any atom is 0.337 e. The van der Waals surface area contributed by atoms with Crippen LogP contribution in [0.15, 0.2) is 18.5 Å². The van der Waals surface area contributed by atoms with Crippen LogP contribution in [0, 0.1) is 0 Å². The van der Waals surface area contributed by atoms with Gasteiger partial charge in [-0.25, -0.2) is 9.59 Å². The fraction of sp³-hybridized carbons (Fsp3) is 0.111. The van der Waals surface area contributed by atoms with Crippen molar-refractivity contribution in [1.82, 2.24) is 10.3 Å². The summed E-state index contributed by atoms with van der Waals surface area (Å²) in [4.78, 5) is 35.8. The van der Waals surface area contributed by atoms with Gasteiger partial charge in [0.2, 0.25) is 5.91 Å². The molecule has 1 heterocycles. The third-order valence-corrected chi connectivity index (χ3v) is 1.67. The van der Waals surface area contributed by atoms with Crippen molar-refractivity contribution in [2.75, 3.05) is 11.9 Å². The van der Waals surface area contributed by atoms with Crippen LogP contribution in [-0.2, 0) is 4.79 Å². The molecule has 0 bridgehead atoms. The van der Waals surface area contributed by atoms with E-state index in [4.69, 9.17) is 10.8 Å². The lowest BCUT2D eigenvalue weighted by molar-refractivity contribution is -0.117. The Bertz CT molecular complexity index is 460. The number of carboxylic acid groups (broad SMARTS) is 1. The normalized spacial score (nSPS) is 9.41. The summed E-state index contributed by atoms with van der Waals surface area (Å²) in [6.07, 6.45) is 2.42. The number of urea groups is 1. The Balaban J connectivity index is 2.62. The third-order valence-electron chi connectivity index (χ3n) is 1.67. The third kappa shape index (κ3) is 4.16. The fourth-order valence-electron chi connectivity index (χ4n) is 0.968. The van der Waals surface area contributed by atoms with Gasteiger partial charge in [-0.3, -0.25) is 9.78 Å². The van der Waals surface area contributed by atoms with Gasteiger partial charge in [0, 0.05) is 6.20 Å². The number of nitrogens with two attached hydrogens (primary N) is 1. The Kier molecular flexibility index (Phi) is 3.98. The number of nitrogens with one attached hydrogen (secondary N) is 2. The molecule has 0 saturated heterocycles. The van der Waals surface area contributed by atoms with E-state index in [1.807, 2.05) is 0 Å². The van der Waals surface area contributed by atoms with Crippen molar-refractivity contribution in [3.05, 3.63) is 24.0 Å². The van der Waals surface area contributed by atoms with Crippen molar-refractivity contribution in [3.8, 4) is 0 Å². The lowest BCUT2D eigenvalue weighted by Crippen LogP contribution is -2.36.